The summed E-state index contributed by atoms with van der Waals surface area (Å²) in [4.78, 5) is 26.3. The smallest absolute Gasteiger partial charge is 0.345 e. The van der Waals surface area contributed by atoms with Crippen molar-refractivity contribution in [3.63, 3.8) is 0 Å². The number of nitrogens with zero attached hydrogens (tertiary/aromatic N) is 3. The Kier molecular flexibility index (Phi) is 6.70. The first-order valence-electron chi connectivity index (χ1n) is 9.71. The number of aromatic nitrogens is 2. The van der Waals surface area contributed by atoms with Crippen molar-refractivity contribution in [1.29, 1.82) is 0 Å². The number of hydrogen-bond donors (Lipinski definition) is 2. The zero-order chi connectivity index (χ0) is 23.8. The number of nitrogens with one attached hydrogen (secondary N) is 1. The maximum atomic E-state index is 13.7. The van der Waals surface area contributed by atoms with Gasteiger partial charge in [0, 0.05) is 17.6 Å². The number of rotatable bonds is 5. The highest BCUT2D eigenvalue weighted by atomic mass is 35.5. The van der Waals surface area contributed by atoms with Crippen LogP contribution in [0.3, 0.4) is 0 Å². The van der Waals surface area contributed by atoms with Crippen molar-refractivity contribution in [2.75, 3.05) is 13.2 Å². The quantitative estimate of drug-likeness (QED) is 0.693. The second kappa shape index (κ2) is 8.99. The Morgan fingerprint density at radius 1 is 1.38 bits per heavy atom. The topological polar surface area (TPSA) is 102 Å². The molecule has 1 atom stereocenters. The Labute approximate surface area is 187 Å². The summed E-state index contributed by atoms with van der Waals surface area (Å²) in [6, 6.07) is 2.24. The summed E-state index contributed by atoms with van der Waals surface area (Å²) in [7, 11) is 0. The molecule has 3 rings (SSSR count). The molecular weight excluding hydrogens is 451 g/mol. The molecule has 0 saturated carbocycles. The van der Waals surface area contributed by atoms with E-state index in [1.54, 1.807) is 20.8 Å². The van der Waals surface area contributed by atoms with Gasteiger partial charge in [-0.05, 0) is 39.0 Å². The van der Waals surface area contributed by atoms with Crippen molar-refractivity contribution >= 4 is 23.5 Å². The van der Waals surface area contributed by atoms with Crippen LogP contribution in [0, 0.1) is 5.82 Å². The molecule has 0 fully saturated rings. The second-order valence-corrected chi connectivity index (χ2v) is 8.82. The second-order valence-electron chi connectivity index (χ2n) is 8.41. The zero-order valence-electron chi connectivity index (χ0n) is 17.7. The molecule has 12 heteroatoms. The molecular formula is C20H23ClF3N5O3. The third-order valence-electron chi connectivity index (χ3n) is 4.76. The number of primary amides is 1. The zero-order valence-corrected chi connectivity index (χ0v) is 18.4. The first-order chi connectivity index (χ1) is 14.9. The number of ether oxygens (including phenoxy) is 1. The predicted molar refractivity (Wildman–Crippen MR) is 111 cm³/mol. The highest BCUT2D eigenvalue weighted by molar-refractivity contribution is 6.31. The summed E-state index contributed by atoms with van der Waals surface area (Å²) in [6.45, 7) is 1.73. The Morgan fingerprint density at radius 2 is 2.06 bits per heavy atom. The Hall–Kier alpha value is -2.79. The SMILES string of the molecule is CC(C)(C)NC(=O)c1c(-c2ccc(F)c(Cl)c2)nn2c1CN(C(N)=O)CC2COC(F)F. The minimum absolute atomic E-state index is 0.0410. The monoisotopic (exact) mass is 473 g/mol. The third kappa shape index (κ3) is 5.16. The van der Waals surface area contributed by atoms with Crippen molar-refractivity contribution < 1.29 is 27.5 Å². The summed E-state index contributed by atoms with van der Waals surface area (Å²) < 4.78 is 44.9. The number of alkyl halides is 2. The molecule has 1 aromatic heterocycles. The molecule has 1 aromatic carbocycles. The van der Waals surface area contributed by atoms with Gasteiger partial charge in [0.1, 0.15) is 11.5 Å². The number of carbonyl (C=O) groups excluding carboxylic acids is 2. The lowest BCUT2D eigenvalue weighted by Crippen LogP contribution is -2.46. The molecule has 0 radical (unpaired) electrons. The number of benzene rings is 1. The summed E-state index contributed by atoms with van der Waals surface area (Å²) in [5.41, 5.74) is 5.72. The van der Waals surface area contributed by atoms with Crippen LogP contribution in [0.15, 0.2) is 18.2 Å². The van der Waals surface area contributed by atoms with Gasteiger partial charge in [-0.1, -0.05) is 11.6 Å². The minimum atomic E-state index is -3.03. The van der Waals surface area contributed by atoms with Crippen LogP contribution in [0.25, 0.3) is 11.3 Å². The van der Waals surface area contributed by atoms with Gasteiger partial charge in [-0.15, -0.1) is 0 Å². The van der Waals surface area contributed by atoms with Crippen molar-refractivity contribution in [2.24, 2.45) is 5.73 Å². The lowest BCUT2D eigenvalue weighted by atomic mass is 10.0. The van der Waals surface area contributed by atoms with E-state index in [1.165, 1.54) is 21.7 Å². The standard InChI is InChI=1S/C20H23ClF3N5O3/c1-20(2,3)26-17(30)15-14-8-28(19(25)31)7-11(9-32-18(23)24)29(14)27-16(15)10-4-5-13(22)12(21)6-10/h4-6,11,18H,7-9H2,1-3H3,(H2,25,31)(H,26,30). The van der Waals surface area contributed by atoms with Crippen LogP contribution < -0.4 is 11.1 Å². The van der Waals surface area contributed by atoms with Crippen molar-refractivity contribution in [3.8, 4) is 11.3 Å². The Bertz CT molecular complexity index is 1040. The Morgan fingerprint density at radius 3 is 2.62 bits per heavy atom. The number of carbonyl (C=O) groups is 2. The van der Waals surface area contributed by atoms with Crippen LogP contribution in [-0.4, -0.2) is 51.9 Å². The fraction of sp³-hybridized carbons (Fsp3) is 0.450. The van der Waals surface area contributed by atoms with E-state index in [0.29, 0.717) is 5.56 Å². The van der Waals surface area contributed by atoms with Crippen LogP contribution >= 0.6 is 11.6 Å². The van der Waals surface area contributed by atoms with Gasteiger partial charge in [-0.3, -0.25) is 9.48 Å². The molecule has 32 heavy (non-hydrogen) atoms. The van der Waals surface area contributed by atoms with Crippen LogP contribution in [0.2, 0.25) is 5.02 Å². The van der Waals surface area contributed by atoms with Gasteiger partial charge in [-0.25, -0.2) is 9.18 Å². The number of hydrogen-bond acceptors (Lipinski definition) is 4. The first kappa shape index (κ1) is 23.9. The van der Waals surface area contributed by atoms with Gasteiger partial charge >= 0.3 is 12.6 Å². The molecule has 0 spiro atoms. The van der Waals surface area contributed by atoms with E-state index in [9.17, 15) is 22.8 Å². The summed E-state index contributed by atoms with van der Waals surface area (Å²) in [5, 5.41) is 7.12. The number of halogens is 4. The van der Waals surface area contributed by atoms with Gasteiger partial charge in [0.05, 0.1) is 35.5 Å². The molecule has 2 aromatic rings. The summed E-state index contributed by atoms with van der Waals surface area (Å²) >= 11 is 5.92. The van der Waals surface area contributed by atoms with Gasteiger partial charge < -0.3 is 20.7 Å². The molecule has 8 nitrogen and oxygen atoms in total. The molecule has 0 aliphatic carbocycles. The normalized spacial score (nSPS) is 16.2. The first-order valence-corrected chi connectivity index (χ1v) is 10.1. The lowest BCUT2D eigenvalue weighted by molar-refractivity contribution is -0.139. The van der Waals surface area contributed by atoms with E-state index in [-0.39, 0.29) is 35.1 Å². The van der Waals surface area contributed by atoms with E-state index < -0.39 is 42.6 Å². The van der Waals surface area contributed by atoms with Gasteiger partial charge in [-0.2, -0.15) is 13.9 Å². The van der Waals surface area contributed by atoms with Gasteiger partial charge in [0.25, 0.3) is 5.91 Å². The van der Waals surface area contributed by atoms with Crippen molar-refractivity contribution in [2.45, 2.75) is 45.5 Å². The molecule has 3 N–H and O–H groups in total. The lowest BCUT2D eigenvalue weighted by Gasteiger charge is -2.33. The van der Waals surface area contributed by atoms with E-state index in [2.05, 4.69) is 15.2 Å². The van der Waals surface area contributed by atoms with Crippen LogP contribution in [0.1, 0.15) is 42.9 Å². The van der Waals surface area contributed by atoms with E-state index >= 15 is 0 Å². The van der Waals surface area contributed by atoms with E-state index in [4.69, 9.17) is 17.3 Å². The van der Waals surface area contributed by atoms with Gasteiger partial charge in [0.15, 0.2) is 0 Å². The van der Waals surface area contributed by atoms with E-state index in [0.717, 1.165) is 6.07 Å². The fourth-order valence-corrected chi connectivity index (χ4v) is 3.64. The average Bonchev–Trinajstić information content (AvgIpc) is 3.06. The van der Waals surface area contributed by atoms with Gasteiger partial charge in [0.2, 0.25) is 0 Å². The van der Waals surface area contributed by atoms with Crippen molar-refractivity contribution in [3.05, 3.63) is 40.3 Å². The molecule has 1 aliphatic heterocycles. The highest BCUT2D eigenvalue weighted by Gasteiger charge is 2.36. The van der Waals surface area contributed by atoms with E-state index in [1.807, 2.05) is 0 Å². The Balaban J connectivity index is 2.19. The summed E-state index contributed by atoms with van der Waals surface area (Å²) in [5.74, 6) is -1.16. The number of nitrogens with two attached hydrogens (primary N) is 1. The maximum Gasteiger partial charge on any atom is 0.345 e. The van der Waals surface area contributed by atoms with Crippen molar-refractivity contribution in [1.82, 2.24) is 20.0 Å². The molecule has 174 valence electrons. The number of fused-ring (bicyclic) bond motifs is 1. The largest absolute Gasteiger partial charge is 0.351 e. The molecule has 0 bridgehead atoms. The fourth-order valence-electron chi connectivity index (χ4n) is 3.46. The maximum absolute atomic E-state index is 13.7. The summed E-state index contributed by atoms with van der Waals surface area (Å²) in [6.07, 6.45) is 0. The minimum Gasteiger partial charge on any atom is -0.351 e. The van der Waals surface area contributed by atoms with Crippen LogP contribution in [0.5, 0.6) is 0 Å². The predicted octanol–water partition coefficient (Wildman–Crippen LogP) is 3.55. The molecule has 1 aliphatic rings. The van der Waals surface area contributed by atoms with Crippen LogP contribution in [0.4, 0.5) is 18.0 Å². The highest BCUT2D eigenvalue weighted by Crippen LogP contribution is 2.34. The van der Waals surface area contributed by atoms with Crippen LogP contribution in [-0.2, 0) is 11.3 Å². The molecule has 0 saturated heterocycles. The molecule has 1 unspecified atom stereocenters. The molecule has 2 heterocycles. The number of amides is 3. The molecule has 3 amide bonds. The number of urea groups is 1. The third-order valence-corrected chi connectivity index (χ3v) is 5.05. The average molecular weight is 474 g/mol.